The molecular formula is C9H12O2. The maximum Gasteiger partial charge on any atom is 0.103 e. The Labute approximate surface area is 65.8 Å². The minimum atomic E-state index is -0.394. The van der Waals surface area contributed by atoms with Crippen LogP contribution in [0.5, 0.6) is 0 Å². The standard InChI is InChI=1S/C9H12O2/c1-7-8(2-5-11-7)6-9(10)3-4-9/h2,5,10H,3-4,6H2,1H3. The summed E-state index contributed by atoms with van der Waals surface area (Å²) >= 11 is 0. The molecule has 0 amide bonds. The molecule has 0 unspecified atom stereocenters. The fourth-order valence-electron chi connectivity index (χ4n) is 1.27. The van der Waals surface area contributed by atoms with Crippen molar-refractivity contribution in [1.82, 2.24) is 0 Å². The molecular weight excluding hydrogens is 140 g/mol. The van der Waals surface area contributed by atoms with Crippen LogP contribution < -0.4 is 0 Å². The summed E-state index contributed by atoms with van der Waals surface area (Å²) in [6.45, 7) is 1.93. The fourth-order valence-corrected chi connectivity index (χ4v) is 1.27. The predicted molar refractivity (Wildman–Crippen MR) is 41.3 cm³/mol. The van der Waals surface area contributed by atoms with E-state index in [0.717, 1.165) is 30.6 Å². The SMILES string of the molecule is Cc1occc1CC1(O)CC1. The molecule has 1 aromatic heterocycles. The zero-order valence-electron chi connectivity index (χ0n) is 6.63. The van der Waals surface area contributed by atoms with Gasteiger partial charge in [-0.3, -0.25) is 0 Å². The molecule has 2 nitrogen and oxygen atoms in total. The van der Waals surface area contributed by atoms with Gasteiger partial charge >= 0.3 is 0 Å². The van der Waals surface area contributed by atoms with E-state index >= 15 is 0 Å². The minimum Gasteiger partial charge on any atom is -0.469 e. The van der Waals surface area contributed by atoms with E-state index in [4.69, 9.17) is 4.42 Å². The molecule has 1 heterocycles. The van der Waals surface area contributed by atoms with E-state index in [1.165, 1.54) is 0 Å². The summed E-state index contributed by atoms with van der Waals surface area (Å²) in [4.78, 5) is 0. The molecule has 0 aliphatic heterocycles. The second-order valence-electron chi connectivity index (χ2n) is 3.40. The molecule has 0 aromatic carbocycles. The molecule has 11 heavy (non-hydrogen) atoms. The predicted octanol–water partition coefficient (Wildman–Crippen LogP) is 1.66. The van der Waals surface area contributed by atoms with Gasteiger partial charge in [-0.15, -0.1) is 0 Å². The van der Waals surface area contributed by atoms with Crippen molar-refractivity contribution in [2.24, 2.45) is 0 Å². The maximum absolute atomic E-state index is 9.58. The van der Waals surface area contributed by atoms with Gasteiger partial charge in [-0.05, 0) is 31.4 Å². The summed E-state index contributed by atoms with van der Waals surface area (Å²) in [5.74, 6) is 0.935. The highest BCUT2D eigenvalue weighted by Gasteiger charge is 2.40. The summed E-state index contributed by atoms with van der Waals surface area (Å²) in [6, 6.07) is 1.94. The van der Waals surface area contributed by atoms with Gasteiger partial charge in [0.1, 0.15) is 5.76 Å². The Bertz CT molecular complexity index is 258. The first-order chi connectivity index (χ1) is 5.20. The first kappa shape index (κ1) is 6.92. The van der Waals surface area contributed by atoms with Crippen molar-refractivity contribution in [1.29, 1.82) is 0 Å². The van der Waals surface area contributed by atoms with Crippen molar-refractivity contribution < 1.29 is 9.52 Å². The number of aryl methyl sites for hydroxylation is 1. The van der Waals surface area contributed by atoms with E-state index < -0.39 is 5.60 Å². The summed E-state index contributed by atoms with van der Waals surface area (Å²) in [5, 5.41) is 9.58. The molecule has 1 aliphatic carbocycles. The van der Waals surface area contributed by atoms with Crippen LogP contribution in [0, 0.1) is 6.92 Å². The van der Waals surface area contributed by atoms with Crippen molar-refractivity contribution in [3.8, 4) is 0 Å². The first-order valence-corrected chi connectivity index (χ1v) is 3.95. The average Bonchev–Trinajstić information content (AvgIpc) is 2.54. The molecule has 0 radical (unpaired) electrons. The Morgan fingerprint density at radius 3 is 2.82 bits per heavy atom. The molecule has 0 saturated heterocycles. The molecule has 0 atom stereocenters. The molecule has 1 N–H and O–H groups in total. The van der Waals surface area contributed by atoms with Crippen LogP contribution in [0.3, 0.4) is 0 Å². The van der Waals surface area contributed by atoms with Crippen molar-refractivity contribution in [3.63, 3.8) is 0 Å². The van der Waals surface area contributed by atoms with Gasteiger partial charge in [-0.2, -0.15) is 0 Å². The highest BCUT2D eigenvalue weighted by molar-refractivity contribution is 5.20. The number of aliphatic hydroxyl groups is 1. The molecule has 60 valence electrons. The van der Waals surface area contributed by atoms with Crippen LogP contribution >= 0.6 is 0 Å². The lowest BCUT2D eigenvalue weighted by Gasteiger charge is -2.04. The molecule has 1 aliphatic rings. The van der Waals surface area contributed by atoms with Crippen molar-refractivity contribution in [2.45, 2.75) is 31.8 Å². The lowest BCUT2D eigenvalue weighted by molar-refractivity contribution is 0.150. The van der Waals surface area contributed by atoms with E-state index in [0.29, 0.717) is 0 Å². The van der Waals surface area contributed by atoms with E-state index in [1.54, 1.807) is 6.26 Å². The summed E-state index contributed by atoms with van der Waals surface area (Å²) < 4.78 is 5.13. The molecule has 0 bridgehead atoms. The van der Waals surface area contributed by atoms with E-state index in [-0.39, 0.29) is 0 Å². The fraction of sp³-hybridized carbons (Fsp3) is 0.556. The molecule has 1 fully saturated rings. The molecule has 0 spiro atoms. The van der Waals surface area contributed by atoms with Crippen molar-refractivity contribution >= 4 is 0 Å². The quantitative estimate of drug-likeness (QED) is 0.699. The summed E-state index contributed by atoms with van der Waals surface area (Å²) in [7, 11) is 0. The van der Waals surface area contributed by atoms with Gasteiger partial charge in [-0.1, -0.05) is 0 Å². The van der Waals surface area contributed by atoms with Crippen LogP contribution in [-0.2, 0) is 6.42 Å². The Morgan fingerprint density at radius 2 is 2.36 bits per heavy atom. The third kappa shape index (κ3) is 1.31. The summed E-state index contributed by atoms with van der Waals surface area (Å²) in [5.41, 5.74) is 0.749. The van der Waals surface area contributed by atoms with Crippen LogP contribution in [-0.4, -0.2) is 10.7 Å². The van der Waals surface area contributed by atoms with Gasteiger partial charge in [0.05, 0.1) is 11.9 Å². The highest BCUT2D eigenvalue weighted by atomic mass is 16.3. The normalized spacial score (nSPS) is 20.2. The van der Waals surface area contributed by atoms with Crippen LogP contribution in [0.2, 0.25) is 0 Å². The largest absolute Gasteiger partial charge is 0.469 e. The zero-order chi connectivity index (χ0) is 7.90. The van der Waals surface area contributed by atoms with Gasteiger partial charge in [-0.25, -0.2) is 0 Å². The van der Waals surface area contributed by atoms with Crippen molar-refractivity contribution in [3.05, 3.63) is 23.7 Å². The third-order valence-electron chi connectivity index (χ3n) is 2.31. The highest BCUT2D eigenvalue weighted by Crippen LogP contribution is 2.38. The Balaban J connectivity index is 2.12. The van der Waals surface area contributed by atoms with E-state index in [2.05, 4.69) is 0 Å². The number of rotatable bonds is 2. The van der Waals surface area contributed by atoms with Crippen LogP contribution in [0.15, 0.2) is 16.7 Å². The Kier molecular flexibility index (Phi) is 1.33. The zero-order valence-corrected chi connectivity index (χ0v) is 6.63. The minimum absolute atomic E-state index is 0.394. The lowest BCUT2D eigenvalue weighted by Crippen LogP contribution is -2.10. The van der Waals surface area contributed by atoms with Gasteiger partial charge in [0.15, 0.2) is 0 Å². The second-order valence-corrected chi connectivity index (χ2v) is 3.40. The topological polar surface area (TPSA) is 33.4 Å². The van der Waals surface area contributed by atoms with Gasteiger partial charge in [0.2, 0.25) is 0 Å². The smallest absolute Gasteiger partial charge is 0.103 e. The molecule has 1 saturated carbocycles. The van der Waals surface area contributed by atoms with Gasteiger partial charge in [0, 0.05) is 6.42 Å². The van der Waals surface area contributed by atoms with Crippen molar-refractivity contribution in [2.75, 3.05) is 0 Å². The monoisotopic (exact) mass is 152 g/mol. The second kappa shape index (κ2) is 2.11. The van der Waals surface area contributed by atoms with Crippen LogP contribution in [0.4, 0.5) is 0 Å². The Hall–Kier alpha value is -0.760. The van der Waals surface area contributed by atoms with Crippen LogP contribution in [0.25, 0.3) is 0 Å². The third-order valence-corrected chi connectivity index (χ3v) is 2.31. The molecule has 1 aromatic rings. The van der Waals surface area contributed by atoms with Crippen LogP contribution in [0.1, 0.15) is 24.2 Å². The van der Waals surface area contributed by atoms with E-state index in [1.807, 2.05) is 13.0 Å². The number of hydrogen-bond acceptors (Lipinski definition) is 2. The number of hydrogen-bond donors (Lipinski definition) is 1. The lowest BCUT2D eigenvalue weighted by atomic mass is 10.1. The Morgan fingerprint density at radius 1 is 1.64 bits per heavy atom. The maximum atomic E-state index is 9.58. The molecule has 2 heteroatoms. The summed E-state index contributed by atoms with van der Waals surface area (Å²) in [6.07, 6.45) is 4.32. The first-order valence-electron chi connectivity index (χ1n) is 3.95. The van der Waals surface area contributed by atoms with Gasteiger partial charge < -0.3 is 9.52 Å². The van der Waals surface area contributed by atoms with Gasteiger partial charge in [0.25, 0.3) is 0 Å². The average molecular weight is 152 g/mol. The number of furan rings is 1. The van der Waals surface area contributed by atoms with E-state index in [9.17, 15) is 5.11 Å². The molecule has 2 rings (SSSR count).